The second kappa shape index (κ2) is 5.28. The predicted octanol–water partition coefficient (Wildman–Crippen LogP) is 2.87. The number of rotatable bonds is 3. The first-order valence-corrected chi connectivity index (χ1v) is 6.46. The zero-order valence-electron chi connectivity index (χ0n) is 11.4. The quantitative estimate of drug-likeness (QED) is 0.880. The van der Waals surface area contributed by atoms with Crippen molar-refractivity contribution < 1.29 is 19.1 Å². The summed E-state index contributed by atoms with van der Waals surface area (Å²) in [5.74, 6) is 0.761. The van der Waals surface area contributed by atoms with Crippen LogP contribution in [0.15, 0.2) is 42.5 Å². The van der Waals surface area contributed by atoms with Crippen molar-refractivity contribution in [3.63, 3.8) is 0 Å². The molecule has 1 aliphatic heterocycles. The molecule has 1 amide bonds. The fraction of sp³-hybridized carbons (Fsp3) is 0.125. The number of para-hydroxylation sites is 1. The molecule has 5 heteroatoms. The summed E-state index contributed by atoms with van der Waals surface area (Å²) in [5.41, 5.74) is 1.41. The zero-order chi connectivity index (χ0) is 14.8. The minimum absolute atomic E-state index is 0.100. The van der Waals surface area contributed by atoms with Gasteiger partial charge >= 0.3 is 0 Å². The van der Waals surface area contributed by atoms with Gasteiger partial charge in [-0.3, -0.25) is 9.59 Å². The average molecular weight is 283 g/mol. The number of ketones is 1. The van der Waals surface area contributed by atoms with Crippen LogP contribution < -0.4 is 14.8 Å². The van der Waals surface area contributed by atoms with Crippen LogP contribution in [0.4, 0.5) is 5.69 Å². The van der Waals surface area contributed by atoms with Gasteiger partial charge in [0, 0.05) is 11.1 Å². The highest BCUT2D eigenvalue weighted by Gasteiger charge is 2.17. The van der Waals surface area contributed by atoms with Crippen LogP contribution in [-0.2, 0) is 0 Å². The molecule has 1 heterocycles. The third-order valence-corrected chi connectivity index (χ3v) is 3.19. The van der Waals surface area contributed by atoms with E-state index in [1.54, 1.807) is 42.5 Å². The molecule has 1 N–H and O–H groups in total. The minimum Gasteiger partial charge on any atom is -0.454 e. The molecule has 1 aliphatic rings. The van der Waals surface area contributed by atoms with E-state index in [4.69, 9.17) is 9.47 Å². The monoisotopic (exact) mass is 283 g/mol. The van der Waals surface area contributed by atoms with E-state index in [0.717, 1.165) is 0 Å². The molecule has 2 aromatic rings. The summed E-state index contributed by atoms with van der Waals surface area (Å²) >= 11 is 0. The van der Waals surface area contributed by atoms with Gasteiger partial charge in [0.25, 0.3) is 5.91 Å². The Kier molecular flexibility index (Phi) is 3.31. The molecule has 0 atom stereocenters. The number of anilines is 1. The minimum atomic E-state index is -0.304. The lowest BCUT2D eigenvalue weighted by atomic mass is 10.1. The molecule has 0 spiro atoms. The average Bonchev–Trinajstić information content (AvgIpc) is 2.94. The highest BCUT2D eigenvalue weighted by molar-refractivity contribution is 6.09. The Labute approximate surface area is 121 Å². The summed E-state index contributed by atoms with van der Waals surface area (Å²) in [6.45, 7) is 1.62. The number of carbonyl (C=O) groups is 2. The topological polar surface area (TPSA) is 64.6 Å². The van der Waals surface area contributed by atoms with Crippen molar-refractivity contribution >= 4 is 17.4 Å². The number of nitrogens with one attached hydrogen (secondary N) is 1. The van der Waals surface area contributed by atoms with Gasteiger partial charge in [0.15, 0.2) is 17.3 Å². The lowest BCUT2D eigenvalue weighted by Crippen LogP contribution is -2.14. The Morgan fingerprint density at radius 1 is 1.05 bits per heavy atom. The fourth-order valence-electron chi connectivity index (χ4n) is 2.13. The number of carbonyl (C=O) groups excluding carboxylic acids is 2. The summed E-state index contributed by atoms with van der Waals surface area (Å²) < 4.78 is 10.4. The first-order chi connectivity index (χ1) is 10.1. The number of amides is 1. The molecule has 0 aromatic heterocycles. The van der Waals surface area contributed by atoms with E-state index in [1.807, 2.05) is 0 Å². The fourth-order valence-corrected chi connectivity index (χ4v) is 2.13. The summed E-state index contributed by atoms with van der Waals surface area (Å²) in [6.07, 6.45) is 0. The van der Waals surface area contributed by atoms with Crippen molar-refractivity contribution in [3.05, 3.63) is 53.6 Å². The Hall–Kier alpha value is -2.82. The van der Waals surface area contributed by atoms with E-state index in [0.29, 0.717) is 28.3 Å². The number of Topliss-reactive ketones (excluding diaryl/α,β-unsaturated/α-hetero) is 1. The lowest BCUT2D eigenvalue weighted by molar-refractivity contribution is 0.101. The van der Waals surface area contributed by atoms with Crippen LogP contribution >= 0.6 is 0 Å². The molecule has 0 unspecified atom stereocenters. The molecule has 0 bridgehead atoms. The molecule has 106 valence electrons. The molecule has 0 saturated heterocycles. The van der Waals surface area contributed by atoms with Crippen molar-refractivity contribution in [1.82, 2.24) is 0 Å². The van der Waals surface area contributed by atoms with Crippen LogP contribution in [0.1, 0.15) is 27.6 Å². The maximum Gasteiger partial charge on any atom is 0.255 e. The number of benzene rings is 2. The standard InChI is InChI=1S/C16H13NO4/c1-10(18)12-4-2-3-5-13(12)17-16(19)11-6-7-14-15(8-11)21-9-20-14/h2-8H,9H2,1H3,(H,17,19). The number of hydrogen-bond donors (Lipinski definition) is 1. The zero-order valence-corrected chi connectivity index (χ0v) is 11.4. The first-order valence-electron chi connectivity index (χ1n) is 6.46. The first kappa shape index (κ1) is 13.2. The summed E-state index contributed by atoms with van der Waals surface area (Å²) in [7, 11) is 0. The molecule has 2 aromatic carbocycles. The van der Waals surface area contributed by atoms with Gasteiger partial charge < -0.3 is 14.8 Å². The highest BCUT2D eigenvalue weighted by Crippen LogP contribution is 2.32. The molecule has 3 rings (SSSR count). The Balaban J connectivity index is 1.85. The molecule has 0 saturated carbocycles. The van der Waals surface area contributed by atoms with Gasteiger partial charge in [-0.1, -0.05) is 12.1 Å². The summed E-state index contributed by atoms with van der Waals surface area (Å²) in [4.78, 5) is 23.8. The molecule has 0 radical (unpaired) electrons. The Bertz CT molecular complexity index is 724. The smallest absolute Gasteiger partial charge is 0.255 e. The molecule has 5 nitrogen and oxygen atoms in total. The SMILES string of the molecule is CC(=O)c1ccccc1NC(=O)c1ccc2c(c1)OCO2. The van der Waals surface area contributed by atoms with Gasteiger partial charge in [0.05, 0.1) is 5.69 Å². The molecular formula is C16H13NO4. The summed E-state index contributed by atoms with van der Waals surface area (Å²) in [5, 5.41) is 2.74. The van der Waals surface area contributed by atoms with E-state index in [9.17, 15) is 9.59 Å². The van der Waals surface area contributed by atoms with Gasteiger partial charge in [-0.2, -0.15) is 0 Å². The maximum absolute atomic E-state index is 12.3. The maximum atomic E-state index is 12.3. The van der Waals surface area contributed by atoms with E-state index in [1.165, 1.54) is 6.92 Å². The van der Waals surface area contributed by atoms with Crippen molar-refractivity contribution in [3.8, 4) is 11.5 Å². The highest BCUT2D eigenvalue weighted by atomic mass is 16.7. The molecule has 0 aliphatic carbocycles. The summed E-state index contributed by atoms with van der Waals surface area (Å²) in [6, 6.07) is 11.9. The Morgan fingerprint density at radius 3 is 2.62 bits per heavy atom. The van der Waals surface area contributed by atoms with Crippen LogP contribution in [0, 0.1) is 0 Å². The third-order valence-electron chi connectivity index (χ3n) is 3.19. The van der Waals surface area contributed by atoms with Crippen molar-refractivity contribution in [1.29, 1.82) is 0 Å². The van der Waals surface area contributed by atoms with Gasteiger partial charge in [-0.25, -0.2) is 0 Å². The molecular weight excluding hydrogens is 270 g/mol. The van der Waals surface area contributed by atoms with Crippen LogP contribution in [-0.4, -0.2) is 18.5 Å². The van der Waals surface area contributed by atoms with Crippen LogP contribution in [0.3, 0.4) is 0 Å². The van der Waals surface area contributed by atoms with Crippen LogP contribution in [0.2, 0.25) is 0 Å². The van der Waals surface area contributed by atoms with Crippen LogP contribution in [0.25, 0.3) is 0 Å². The van der Waals surface area contributed by atoms with Crippen molar-refractivity contribution in [2.75, 3.05) is 12.1 Å². The molecule has 0 fully saturated rings. The van der Waals surface area contributed by atoms with E-state index < -0.39 is 0 Å². The largest absolute Gasteiger partial charge is 0.454 e. The predicted molar refractivity (Wildman–Crippen MR) is 77.0 cm³/mol. The van der Waals surface area contributed by atoms with E-state index in [2.05, 4.69) is 5.32 Å². The van der Waals surface area contributed by atoms with Gasteiger partial charge in [-0.15, -0.1) is 0 Å². The lowest BCUT2D eigenvalue weighted by Gasteiger charge is -2.09. The third kappa shape index (κ3) is 2.58. The second-order valence-electron chi connectivity index (χ2n) is 4.62. The van der Waals surface area contributed by atoms with Gasteiger partial charge in [0.1, 0.15) is 0 Å². The van der Waals surface area contributed by atoms with Gasteiger partial charge in [0.2, 0.25) is 6.79 Å². The van der Waals surface area contributed by atoms with Crippen molar-refractivity contribution in [2.24, 2.45) is 0 Å². The number of hydrogen-bond acceptors (Lipinski definition) is 4. The van der Waals surface area contributed by atoms with E-state index in [-0.39, 0.29) is 18.5 Å². The van der Waals surface area contributed by atoms with Gasteiger partial charge in [-0.05, 0) is 37.3 Å². The number of ether oxygens (including phenoxy) is 2. The van der Waals surface area contributed by atoms with Crippen LogP contribution in [0.5, 0.6) is 11.5 Å². The normalized spacial score (nSPS) is 12.0. The Morgan fingerprint density at radius 2 is 1.81 bits per heavy atom. The molecule has 21 heavy (non-hydrogen) atoms. The van der Waals surface area contributed by atoms with Crippen molar-refractivity contribution in [2.45, 2.75) is 6.92 Å². The van der Waals surface area contributed by atoms with E-state index >= 15 is 0 Å². The second-order valence-corrected chi connectivity index (χ2v) is 4.62. The number of fused-ring (bicyclic) bond motifs is 1.